The molecule has 0 atom stereocenters. The SMILES string of the molecule is C=CCN(c1ncc(F)cc1CN)C(C)(C)C. The van der Waals surface area contributed by atoms with Crippen molar-refractivity contribution in [2.75, 3.05) is 11.4 Å². The van der Waals surface area contributed by atoms with Crippen LogP contribution in [0.3, 0.4) is 0 Å². The van der Waals surface area contributed by atoms with E-state index in [1.165, 1.54) is 12.3 Å². The number of halogens is 1. The molecular formula is C13H20FN3. The fourth-order valence-corrected chi connectivity index (χ4v) is 1.67. The molecule has 2 N–H and O–H groups in total. The van der Waals surface area contributed by atoms with Crippen molar-refractivity contribution >= 4 is 5.82 Å². The average Bonchev–Trinajstić information content (AvgIpc) is 2.25. The lowest BCUT2D eigenvalue weighted by Crippen LogP contribution is -2.42. The van der Waals surface area contributed by atoms with Crippen molar-refractivity contribution in [1.82, 2.24) is 4.98 Å². The van der Waals surface area contributed by atoms with E-state index in [2.05, 4.69) is 37.2 Å². The number of pyridine rings is 1. The van der Waals surface area contributed by atoms with Crippen LogP contribution in [0.25, 0.3) is 0 Å². The Morgan fingerprint density at radius 1 is 1.53 bits per heavy atom. The van der Waals surface area contributed by atoms with E-state index in [1.54, 1.807) is 6.08 Å². The first-order valence-electron chi connectivity index (χ1n) is 5.63. The Bertz CT molecular complexity index is 396. The summed E-state index contributed by atoms with van der Waals surface area (Å²) in [5.74, 6) is 0.364. The van der Waals surface area contributed by atoms with Crippen molar-refractivity contribution in [1.29, 1.82) is 0 Å². The third-order valence-electron chi connectivity index (χ3n) is 2.51. The van der Waals surface area contributed by atoms with Gasteiger partial charge in [0.2, 0.25) is 0 Å². The van der Waals surface area contributed by atoms with Crippen LogP contribution in [0.4, 0.5) is 10.2 Å². The lowest BCUT2D eigenvalue weighted by Gasteiger charge is -2.37. The molecule has 0 radical (unpaired) electrons. The average molecular weight is 237 g/mol. The highest BCUT2D eigenvalue weighted by Gasteiger charge is 2.23. The minimum absolute atomic E-state index is 0.122. The van der Waals surface area contributed by atoms with Gasteiger partial charge in [0, 0.05) is 24.2 Å². The second-order valence-corrected chi connectivity index (χ2v) is 4.91. The molecule has 0 aromatic carbocycles. The number of hydrogen-bond acceptors (Lipinski definition) is 3. The molecule has 17 heavy (non-hydrogen) atoms. The van der Waals surface area contributed by atoms with Gasteiger partial charge >= 0.3 is 0 Å². The summed E-state index contributed by atoms with van der Waals surface area (Å²) in [5, 5.41) is 0. The fourth-order valence-electron chi connectivity index (χ4n) is 1.67. The molecule has 1 aromatic rings. The minimum atomic E-state index is -0.360. The van der Waals surface area contributed by atoms with Crippen molar-refractivity contribution in [3.63, 3.8) is 0 Å². The Labute approximate surface area is 102 Å². The number of nitrogens with zero attached hydrogens (tertiary/aromatic N) is 2. The molecule has 0 aliphatic carbocycles. The van der Waals surface area contributed by atoms with E-state index in [9.17, 15) is 4.39 Å². The van der Waals surface area contributed by atoms with Gasteiger partial charge in [0.05, 0.1) is 6.20 Å². The van der Waals surface area contributed by atoms with Crippen LogP contribution in [0.1, 0.15) is 26.3 Å². The maximum Gasteiger partial charge on any atom is 0.141 e. The highest BCUT2D eigenvalue weighted by molar-refractivity contribution is 5.49. The van der Waals surface area contributed by atoms with Gasteiger partial charge in [-0.05, 0) is 26.8 Å². The first-order valence-corrected chi connectivity index (χ1v) is 5.63. The predicted molar refractivity (Wildman–Crippen MR) is 69.4 cm³/mol. The van der Waals surface area contributed by atoms with E-state index >= 15 is 0 Å². The Hall–Kier alpha value is -1.42. The van der Waals surface area contributed by atoms with E-state index < -0.39 is 0 Å². The maximum atomic E-state index is 13.1. The second-order valence-electron chi connectivity index (χ2n) is 4.91. The summed E-state index contributed by atoms with van der Waals surface area (Å²) in [4.78, 5) is 6.21. The van der Waals surface area contributed by atoms with E-state index in [0.29, 0.717) is 12.1 Å². The summed E-state index contributed by atoms with van der Waals surface area (Å²) in [6.07, 6.45) is 3.02. The second kappa shape index (κ2) is 5.27. The summed E-state index contributed by atoms with van der Waals surface area (Å²) < 4.78 is 13.1. The van der Waals surface area contributed by atoms with Crippen LogP contribution in [0.15, 0.2) is 24.9 Å². The van der Waals surface area contributed by atoms with E-state index in [0.717, 1.165) is 5.82 Å². The van der Waals surface area contributed by atoms with E-state index in [-0.39, 0.29) is 17.9 Å². The normalized spacial score (nSPS) is 11.4. The Morgan fingerprint density at radius 3 is 2.65 bits per heavy atom. The number of anilines is 1. The lowest BCUT2D eigenvalue weighted by atomic mass is 10.0. The standard InChI is InChI=1S/C13H20FN3/c1-5-6-17(13(2,3)4)12-10(8-15)7-11(14)9-16-12/h5,7,9H,1,6,8,15H2,2-4H3. The molecule has 0 bridgehead atoms. The highest BCUT2D eigenvalue weighted by atomic mass is 19.1. The first kappa shape index (κ1) is 13.6. The molecule has 0 aliphatic rings. The van der Waals surface area contributed by atoms with Gasteiger partial charge in [-0.25, -0.2) is 9.37 Å². The van der Waals surface area contributed by atoms with Crippen LogP contribution in [-0.4, -0.2) is 17.1 Å². The molecule has 0 spiro atoms. The first-order chi connectivity index (χ1) is 7.90. The van der Waals surface area contributed by atoms with Crippen LogP contribution in [-0.2, 0) is 6.54 Å². The van der Waals surface area contributed by atoms with Crippen LogP contribution < -0.4 is 10.6 Å². The molecule has 1 heterocycles. The molecule has 0 fully saturated rings. The highest BCUT2D eigenvalue weighted by Crippen LogP contribution is 2.25. The minimum Gasteiger partial charge on any atom is -0.348 e. The molecule has 0 aliphatic heterocycles. The maximum absolute atomic E-state index is 13.1. The van der Waals surface area contributed by atoms with Gasteiger partial charge in [0.25, 0.3) is 0 Å². The van der Waals surface area contributed by atoms with E-state index in [1.807, 2.05) is 0 Å². The van der Waals surface area contributed by atoms with Gasteiger partial charge in [0.1, 0.15) is 11.6 Å². The molecule has 4 heteroatoms. The third-order valence-corrected chi connectivity index (χ3v) is 2.51. The number of nitrogens with two attached hydrogens (primary N) is 1. The van der Waals surface area contributed by atoms with Crippen molar-refractivity contribution in [2.24, 2.45) is 5.73 Å². The zero-order chi connectivity index (χ0) is 13.1. The summed E-state index contributed by atoms with van der Waals surface area (Å²) in [5.41, 5.74) is 6.23. The Balaban J connectivity index is 3.22. The predicted octanol–water partition coefficient (Wildman–Crippen LogP) is 2.47. The number of aromatic nitrogens is 1. The quantitative estimate of drug-likeness (QED) is 0.818. The molecule has 0 unspecified atom stereocenters. The van der Waals surface area contributed by atoms with Crippen molar-refractivity contribution < 1.29 is 4.39 Å². The topological polar surface area (TPSA) is 42.2 Å². The van der Waals surface area contributed by atoms with E-state index in [4.69, 9.17) is 5.73 Å². The lowest BCUT2D eigenvalue weighted by molar-refractivity contribution is 0.513. The van der Waals surface area contributed by atoms with Gasteiger partial charge in [-0.15, -0.1) is 6.58 Å². The molecule has 94 valence electrons. The molecule has 0 saturated heterocycles. The van der Waals surface area contributed by atoms with Gasteiger partial charge in [0.15, 0.2) is 0 Å². The van der Waals surface area contributed by atoms with Crippen LogP contribution in [0.5, 0.6) is 0 Å². The van der Waals surface area contributed by atoms with Crippen molar-refractivity contribution in [3.05, 3.63) is 36.3 Å². The van der Waals surface area contributed by atoms with Gasteiger partial charge in [-0.2, -0.15) is 0 Å². The van der Waals surface area contributed by atoms with Crippen LogP contribution in [0.2, 0.25) is 0 Å². The summed E-state index contributed by atoms with van der Waals surface area (Å²) >= 11 is 0. The summed E-state index contributed by atoms with van der Waals surface area (Å²) in [6.45, 7) is 10.9. The molecule has 3 nitrogen and oxygen atoms in total. The molecule has 1 rings (SSSR count). The van der Waals surface area contributed by atoms with Crippen LogP contribution in [0, 0.1) is 5.82 Å². The van der Waals surface area contributed by atoms with Gasteiger partial charge in [-0.3, -0.25) is 0 Å². The largest absolute Gasteiger partial charge is 0.348 e. The number of rotatable bonds is 4. The van der Waals surface area contributed by atoms with Crippen molar-refractivity contribution in [3.8, 4) is 0 Å². The van der Waals surface area contributed by atoms with Gasteiger partial charge in [-0.1, -0.05) is 6.08 Å². The third kappa shape index (κ3) is 3.27. The molecule has 0 saturated carbocycles. The van der Waals surface area contributed by atoms with Gasteiger partial charge < -0.3 is 10.6 Å². The van der Waals surface area contributed by atoms with Crippen LogP contribution >= 0.6 is 0 Å². The zero-order valence-electron chi connectivity index (χ0n) is 10.7. The summed E-state index contributed by atoms with van der Waals surface area (Å²) in [7, 11) is 0. The summed E-state index contributed by atoms with van der Waals surface area (Å²) in [6, 6.07) is 1.43. The monoisotopic (exact) mass is 237 g/mol. The Morgan fingerprint density at radius 2 is 2.18 bits per heavy atom. The molecular weight excluding hydrogens is 217 g/mol. The fraction of sp³-hybridized carbons (Fsp3) is 0.462. The zero-order valence-corrected chi connectivity index (χ0v) is 10.7. The Kier molecular flexibility index (Phi) is 4.23. The van der Waals surface area contributed by atoms with Crippen molar-refractivity contribution in [2.45, 2.75) is 32.9 Å². The smallest absolute Gasteiger partial charge is 0.141 e. The number of hydrogen-bond donors (Lipinski definition) is 1. The molecule has 0 amide bonds. The molecule has 1 aromatic heterocycles.